The Morgan fingerprint density at radius 1 is 1.10 bits per heavy atom. The number of halogens is 2. The van der Waals surface area contributed by atoms with Crippen LogP contribution in [-0.2, 0) is 6.54 Å². The Labute approximate surface area is 118 Å². The van der Waals surface area contributed by atoms with Crippen LogP contribution >= 0.6 is 0 Å². The van der Waals surface area contributed by atoms with Crippen molar-refractivity contribution in [3.05, 3.63) is 70.8 Å². The molecule has 0 aliphatic carbocycles. The molecule has 1 atom stereocenters. The van der Waals surface area contributed by atoms with Crippen molar-refractivity contribution in [3.8, 4) is 0 Å². The molecule has 2 aromatic carbocycles. The van der Waals surface area contributed by atoms with Crippen LogP contribution in [0.25, 0.3) is 0 Å². The third kappa shape index (κ3) is 3.42. The molecule has 1 nitrogen and oxygen atoms in total. The molecule has 0 radical (unpaired) electrons. The molecular weight excluding hydrogens is 256 g/mol. The first-order valence-corrected chi connectivity index (χ1v) is 6.68. The highest BCUT2D eigenvalue weighted by Crippen LogP contribution is 2.24. The zero-order valence-corrected chi connectivity index (χ0v) is 12.0. The van der Waals surface area contributed by atoms with Gasteiger partial charge in [-0.25, -0.2) is 8.78 Å². The molecule has 0 bridgehead atoms. The van der Waals surface area contributed by atoms with Gasteiger partial charge in [0.1, 0.15) is 11.6 Å². The van der Waals surface area contributed by atoms with E-state index in [1.165, 1.54) is 17.7 Å². The van der Waals surface area contributed by atoms with Gasteiger partial charge in [0.15, 0.2) is 0 Å². The van der Waals surface area contributed by atoms with Crippen LogP contribution in [0.4, 0.5) is 8.78 Å². The van der Waals surface area contributed by atoms with Gasteiger partial charge in [-0.3, -0.25) is 4.90 Å². The highest BCUT2D eigenvalue weighted by molar-refractivity contribution is 5.24. The molecule has 0 spiro atoms. The van der Waals surface area contributed by atoms with Gasteiger partial charge in [0.05, 0.1) is 0 Å². The molecule has 3 heteroatoms. The quantitative estimate of drug-likeness (QED) is 0.796. The Kier molecular flexibility index (Phi) is 4.50. The molecule has 0 heterocycles. The summed E-state index contributed by atoms with van der Waals surface area (Å²) >= 11 is 0. The van der Waals surface area contributed by atoms with Crippen molar-refractivity contribution in [1.82, 2.24) is 4.90 Å². The number of nitrogens with zero attached hydrogens (tertiary/aromatic N) is 1. The summed E-state index contributed by atoms with van der Waals surface area (Å²) in [6.07, 6.45) is 0. The maximum atomic E-state index is 13.8. The van der Waals surface area contributed by atoms with Gasteiger partial charge in [0.2, 0.25) is 0 Å². The first-order valence-electron chi connectivity index (χ1n) is 6.68. The van der Waals surface area contributed by atoms with Gasteiger partial charge in [0.25, 0.3) is 0 Å². The summed E-state index contributed by atoms with van der Waals surface area (Å²) in [4.78, 5) is 2.01. The molecule has 0 saturated heterocycles. The van der Waals surface area contributed by atoms with Gasteiger partial charge >= 0.3 is 0 Å². The highest BCUT2D eigenvalue weighted by Gasteiger charge is 2.16. The highest BCUT2D eigenvalue weighted by atomic mass is 19.1. The topological polar surface area (TPSA) is 3.24 Å². The van der Waals surface area contributed by atoms with Crippen LogP contribution in [0.2, 0.25) is 0 Å². The lowest BCUT2D eigenvalue weighted by Gasteiger charge is -2.25. The van der Waals surface area contributed by atoms with Crippen LogP contribution in [-0.4, -0.2) is 11.9 Å². The minimum atomic E-state index is -0.405. The second-order valence-corrected chi connectivity index (χ2v) is 5.25. The van der Waals surface area contributed by atoms with E-state index in [-0.39, 0.29) is 11.9 Å². The minimum Gasteiger partial charge on any atom is -0.295 e. The van der Waals surface area contributed by atoms with Crippen molar-refractivity contribution in [2.24, 2.45) is 0 Å². The lowest BCUT2D eigenvalue weighted by atomic mass is 10.1. The Balaban J connectivity index is 2.16. The number of hydrogen-bond acceptors (Lipinski definition) is 1. The van der Waals surface area contributed by atoms with Gasteiger partial charge in [0, 0.05) is 18.2 Å². The maximum Gasteiger partial charge on any atom is 0.128 e. The van der Waals surface area contributed by atoms with Gasteiger partial charge < -0.3 is 0 Å². The number of rotatable bonds is 4. The maximum absolute atomic E-state index is 13.8. The van der Waals surface area contributed by atoms with Crippen molar-refractivity contribution < 1.29 is 8.78 Å². The van der Waals surface area contributed by atoms with Crippen molar-refractivity contribution in [3.63, 3.8) is 0 Å². The average Bonchev–Trinajstić information content (AvgIpc) is 2.40. The number of aryl methyl sites for hydroxylation is 1. The van der Waals surface area contributed by atoms with Crippen LogP contribution in [0.5, 0.6) is 0 Å². The molecule has 0 amide bonds. The largest absolute Gasteiger partial charge is 0.295 e. The summed E-state index contributed by atoms with van der Waals surface area (Å²) < 4.78 is 27.1. The molecule has 0 N–H and O–H groups in total. The van der Waals surface area contributed by atoms with E-state index in [1.807, 2.05) is 44.0 Å². The van der Waals surface area contributed by atoms with E-state index in [2.05, 4.69) is 6.07 Å². The summed E-state index contributed by atoms with van der Waals surface area (Å²) in [5.41, 5.74) is 2.75. The second kappa shape index (κ2) is 6.14. The summed E-state index contributed by atoms with van der Waals surface area (Å²) in [6.45, 7) is 4.62. The lowest BCUT2D eigenvalue weighted by Crippen LogP contribution is -2.23. The summed E-state index contributed by atoms with van der Waals surface area (Å²) in [6, 6.07) is 11.6. The standard InChI is InChI=1S/C17H19F2N/c1-12-5-4-6-14(9-12)11-20(3)13(2)16-10-15(18)7-8-17(16)19/h4-10,13H,11H2,1-3H3. The SMILES string of the molecule is Cc1cccc(CN(C)C(C)c2cc(F)ccc2F)c1. The van der Waals surface area contributed by atoms with Crippen LogP contribution in [0, 0.1) is 18.6 Å². The Bertz CT molecular complexity index is 595. The molecule has 106 valence electrons. The molecule has 20 heavy (non-hydrogen) atoms. The van der Waals surface area contributed by atoms with E-state index in [1.54, 1.807) is 0 Å². The average molecular weight is 275 g/mol. The van der Waals surface area contributed by atoms with Gasteiger partial charge in [-0.2, -0.15) is 0 Å². The van der Waals surface area contributed by atoms with E-state index in [4.69, 9.17) is 0 Å². The van der Waals surface area contributed by atoms with Gasteiger partial charge in [-0.1, -0.05) is 29.8 Å². The molecule has 0 aliphatic heterocycles. The molecule has 1 unspecified atom stereocenters. The Hall–Kier alpha value is -1.74. The smallest absolute Gasteiger partial charge is 0.128 e. The van der Waals surface area contributed by atoms with Gasteiger partial charge in [-0.15, -0.1) is 0 Å². The van der Waals surface area contributed by atoms with E-state index >= 15 is 0 Å². The third-order valence-corrected chi connectivity index (χ3v) is 3.58. The zero-order valence-electron chi connectivity index (χ0n) is 12.0. The number of hydrogen-bond donors (Lipinski definition) is 0. The van der Waals surface area contributed by atoms with Crippen molar-refractivity contribution >= 4 is 0 Å². The fourth-order valence-corrected chi connectivity index (χ4v) is 2.31. The van der Waals surface area contributed by atoms with Crippen molar-refractivity contribution in [1.29, 1.82) is 0 Å². The Morgan fingerprint density at radius 3 is 2.55 bits per heavy atom. The zero-order chi connectivity index (χ0) is 14.7. The predicted octanol–water partition coefficient (Wildman–Crippen LogP) is 4.47. The molecule has 2 rings (SSSR count). The van der Waals surface area contributed by atoms with E-state index in [0.29, 0.717) is 12.1 Å². The normalized spacial score (nSPS) is 12.7. The van der Waals surface area contributed by atoms with Gasteiger partial charge in [-0.05, 0) is 44.7 Å². The summed E-state index contributed by atoms with van der Waals surface area (Å²) in [7, 11) is 1.91. The van der Waals surface area contributed by atoms with E-state index in [0.717, 1.165) is 11.6 Å². The van der Waals surface area contributed by atoms with Crippen LogP contribution < -0.4 is 0 Å². The monoisotopic (exact) mass is 275 g/mol. The number of benzene rings is 2. The molecule has 2 aromatic rings. The molecule has 0 saturated carbocycles. The predicted molar refractivity (Wildman–Crippen MR) is 77.4 cm³/mol. The van der Waals surface area contributed by atoms with E-state index in [9.17, 15) is 8.78 Å². The Morgan fingerprint density at radius 2 is 1.85 bits per heavy atom. The summed E-state index contributed by atoms with van der Waals surface area (Å²) in [5.74, 6) is -0.771. The molecule has 0 fully saturated rings. The minimum absolute atomic E-state index is 0.189. The molecule has 0 aromatic heterocycles. The van der Waals surface area contributed by atoms with Crippen LogP contribution in [0.15, 0.2) is 42.5 Å². The third-order valence-electron chi connectivity index (χ3n) is 3.58. The second-order valence-electron chi connectivity index (χ2n) is 5.25. The fraction of sp³-hybridized carbons (Fsp3) is 0.294. The lowest BCUT2D eigenvalue weighted by molar-refractivity contribution is 0.247. The van der Waals surface area contributed by atoms with Crippen LogP contribution in [0.3, 0.4) is 0 Å². The van der Waals surface area contributed by atoms with Crippen molar-refractivity contribution in [2.45, 2.75) is 26.4 Å². The first-order chi connectivity index (χ1) is 9.47. The van der Waals surface area contributed by atoms with Crippen molar-refractivity contribution in [2.75, 3.05) is 7.05 Å². The first kappa shape index (κ1) is 14.7. The molecule has 0 aliphatic rings. The molecular formula is C17H19F2N. The van der Waals surface area contributed by atoms with E-state index < -0.39 is 5.82 Å². The summed E-state index contributed by atoms with van der Waals surface area (Å²) in [5, 5.41) is 0. The van der Waals surface area contributed by atoms with Crippen LogP contribution in [0.1, 0.15) is 29.7 Å². The fourth-order valence-electron chi connectivity index (χ4n) is 2.31.